The molecular weight excluding hydrogens is 282 g/mol. The van der Waals surface area contributed by atoms with Gasteiger partial charge in [0.2, 0.25) is 0 Å². The molecule has 21 heavy (non-hydrogen) atoms. The van der Waals surface area contributed by atoms with Crippen LogP contribution in [0.25, 0.3) is 11.3 Å². The van der Waals surface area contributed by atoms with Crippen LogP contribution in [0.5, 0.6) is 0 Å². The lowest BCUT2D eigenvalue weighted by Crippen LogP contribution is -2.30. The van der Waals surface area contributed by atoms with Crippen molar-refractivity contribution in [3.8, 4) is 17.3 Å². The molecule has 0 atom stereocenters. The molecule has 108 valence electrons. The van der Waals surface area contributed by atoms with Crippen molar-refractivity contribution in [2.75, 3.05) is 26.3 Å². The number of morpholine rings is 1. The van der Waals surface area contributed by atoms with E-state index in [2.05, 4.69) is 34.6 Å². The predicted molar refractivity (Wildman–Crippen MR) is 83.8 cm³/mol. The zero-order valence-corrected chi connectivity index (χ0v) is 12.8. The van der Waals surface area contributed by atoms with Crippen molar-refractivity contribution >= 4 is 11.9 Å². The molecule has 4 nitrogen and oxygen atoms in total. The average molecular weight is 299 g/mol. The molecule has 3 rings (SSSR count). The lowest BCUT2D eigenvalue weighted by molar-refractivity contribution is 0.0773. The standard InChI is InChI=1S/C16H17N3OS/c1-18-14(12-17)4-7-16(18)13-2-5-15(6-3-13)21-19-8-10-20-11-9-19/h2-7H,8-11H2,1H3. The Hall–Kier alpha value is -1.74. The van der Waals surface area contributed by atoms with Crippen molar-refractivity contribution in [1.29, 1.82) is 5.26 Å². The molecule has 2 aromatic rings. The first-order valence-electron chi connectivity index (χ1n) is 6.95. The van der Waals surface area contributed by atoms with E-state index in [4.69, 9.17) is 10.00 Å². The van der Waals surface area contributed by atoms with Gasteiger partial charge in [-0.1, -0.05) is 12.1 Å². The maximum atomic E-state index is 9.02. The number of ether oxygens (including phenoxy) is 1. The quantitative estimate of drug-likeness (QED) is 0.817. The molecule has 0 N–H and O–H groups in total. The monoisotopic (exact) mass is 299 g/mol. The van der Waals surface area contributed by atoms with E-state index in [0.717, 1.165) is 37.6 Å². The SMILES string of the molecule is Cn1c(C#N)ccc1-c1ccc(SN2CCOCC2)cc1. The van der Waals surface area contributed by atoms with Gasteiger partial charge in [-0.2, -0.15) is 5.26 Å². The zero-order chi connectivity index (χ0) is 14.7. The summed E-state index contributed by atoms with van der Waals surface area (Å²) in [4.78, 5) is 1.23. The first-order chi connectivity index (χ1) is 10.3. The van der Waals surface area contributed by atoms with Crippen LogP contribution in [-0.4, -0.2) is 35.2 Å². The normalized spacial score (nSPS) is 15.8. The van der Waals surface area contributed by atoms with Crippen LogP contribution >= 0.6 is 11.9 Å². The smallest absolute Gasteiger partial charge is 0.120 e. The Morgan fingerprint density at radius 1 is 1.10 bits per heavy atom. The van der Waals surface area contributed by atoms with E-state index in [9.17, 15) is 0 Å². The molecular formula is C16H17N3OS. The van der Waals surface area contributed by atoms with E-state index in [1.165, 1.54) is 4.90 Å². The van der Waals surface area contributed by atoms with E-state index in [0.29, 0.717) is 5.69 Å². The molecule has 0 radical (unpaired) electrons. The van der Waals surface area contributed by atoms with Gasteiger partial charge in [0.05, 0.1) is 13.2 Å². The molecule has 1 saturated heterocycles. The summed E-state index contributed by atoms with van der Waals surface area (Å²) in [5.41, 5.74) is 2.87. The molecule has 2 heterocycles. The highest BCUT2D eigenvalue weighted by molar-refractivity contribution is 7.97. The fourth-order valence-corrected chi connectivity index (χ4v) is 3.27. The largest absolute Gasteiger partial charge is 0.379 e. The maximum Gasteiger partial charge on any atom is 0.120 e. The molecule has 1 aromatic carbocycles. The minimum atomic E-state index is 0.678. The highest BCUT2D eigenvalue weighted by Crippen LogP contribution is 2.27. The Morgan fingerprint density at radius 2 is 1.81 bits per heavy atom. The predicted octanol–water partition coefficient (Wildman–Crippen LogP) is 2.90. The van der Waals surface area contributed by atoms with Crippen molar-refractivity contribution in [3.05, 3.63) is 42.1 Å². The molecule has 0 bridgehead atoms. The summed E-state index contributed by atoms with van der Waals surface area (Å²) in [7, 11) is 1.92. The van der Waals surface area contributed by atoms with Crippen LogP contribution < -0.4 is 0 Å². The second kappa shape index (κ2) is 6.35. The number of nitriles is 1. The van der Waals surface area contributed by atoms with Gasteiger partial charge in [-0.05, 0) is 41.8 Å². The Labute approximate surface area is 129 Å². The third kappa shape index (κ3) is 3.13. The Morgan fingerprint density at radius 3 is 2.43 bits per heavy atom. The summed E-state index contributed by atoms with van der Waals surface area (Å²) in [6.45, 7) is 3.56. The number of nitrogens with zero attached hydrogens (tertiary/aromatic N) is 3. The van der Waals surface area contributed by atoms with E-state index in [1.54, 1.807) is 11.9 Å². The summed E-state index contributed by atoms with van der Waals surface area (Å²) in [6.07, 6.45) is 0. The van der Waals surface area contributed by atoms with Crippen molar-refractivity contribution in [1.82, 2.24) is 8.87 Å². The topological polar surface area (TPSA) is 41.2 Å². The first-order valence-corrected chi connectivity index (χ1v) is 7.72. The van der Waals surface area contributed by atoms with Crippen LogP contribution in [0, 0.1) is 11.3 Å². The van der Waals surface area contributed by atoms with Crippen LogP contribution in [0.4, 0.5) is 0 Å². The molecule has 0 aliphatic carbocycles. The van der Waals surface area contributed by atoms with Crippen LogP contribution in [0.1, 0.15) is 5.69 Å². The molecule has 0 saturated carbocycles. The molecule has 1 aliphatic rings. The van der Waals surface area contributed by atoms with Gasteiger partial charge in [0.1, 0.15) is 11.8 Å². The van der Waals surface area contributed by atoms with E-state index < -0.39 is 0 Å². The van der Waals surface area contributed by atoms with Gasteiger partial charge in [-0.15, -0.1) is 0 Å². The van der Waals surface area contributed by atoms with E-state index in [1.807, 2.05) is 23.7 Å². The molecule has 1 aliphatic heterocycles. The summed E-state index contributed by atoms with van der Waals surface area (Å²) < 4.78 is 9.61. The van der Waals surface area contributed by atoms with Crippen LogP contribution in [0.2, 0.25) is 0 Å². The molecule has 5 heteroatoms. The molecule has 0 unspecified atom stereocenters. The number of benzene rings is 1. The van der Waals surface area contributed by atoms with Crippen molar-refractivity contribution in [2.24, 2.45) is 7.05 Å². The number of hydrogen-bond acceptors (Lipinski definition) is 4. The second-order valence-corrected chi connectivity index (χ2v) is 6.10. The van der Waals surface area contributed by atoms with Gasteiger partial charge < -0.3 is 9.30 Å². The third-order valence-electron chi connectivity index (χ3n) is 3.59. The van der Waals surface area contributed by atoms with Gasteiger partial charge in [0.25, 0.3) is 0 Å². The van der Waals surface area contributed by atoms with E-state index >= 15 is 0 Å². The van der Waals surface area contributed by atoms with Gasteiger partial charge in [0.15, 0.2) is 0 Å². The lowest BCUT2D eigenvalue weighted by Gasteiger charge is -2.25. The number of aromatic nitrogens is 1. The van der Waals surface area contributed by atoms with Crippen molar-refractivity contribution in [3.63, 3.8) is 0 Å². The molecule has 0 amide bonds. The van der Waals surface area contributed by atoms with Crippen LogP contribution in [-0.2, 0) is 11.8 Å². The minimum Gasteiger partial charge on any atom is -0.379 e. The van der Waals surface area contributed by atoms with Crippen molar-refractivity contribution < 1.29 is 4.74 Å². The first kappa shape index (κ1) is 14.2. The summed E-state index contributed by atoms with van der Waals surface area (Å²) in [5, 5.41) is 9.02. The Bertz CT molecular complexity index is 651. The zero-order valence-electron chi connectivity index (χ0n) is 12.0. The van der Waals surface area contributed by atoms with Crippen molar-refractivity contribution in [2.45, 2.75) is 4.90 Å². The Kier molecular flexibility index (Phi) is 4.30. The second-order valence-electron chi connectivity index (χ2n) is 4.93. The highest BCUT2D eigenvalue weighted by atomic mass is 32.2. The number of hydrogen-bond donors (Lipinski definition) is 0. The maximum absolute atomic E-state index is 9.02. The summed E-state index contributed by atoms with van der Waals surface area (Å²) in [5.74, 6) is 0. The summed E-state index contributed by atoms with van der Waals surface area (Å²) >= 11 is 1.78. The molecule has 1 aromatic heterocycles. The summed E-state index contributed by atoms with van der Waals surface area (Å²) in [6, 6.07) is 14.5. The van der Waals surface area contributed by atoms with Crippen LogP contribution in [0.3, 0.4) is 0 Å². The third-order valence-corrected chi connectivity index (χ3v) is 4.70. The van der Waals surface area contributed by atoms with Crippen LogP contribution in [0.15, 0.2) is 41.3 Å². The average Bonchev–Trinajstić information content (AvgIpc) is 2.90. The fourth-order valence-electron chi connectivity index (χ4n) is 2.39. The highest BCUT2D eigenvalue weighted by Gasteiger charge is 2.12. The number of rotatable bonds is 3. The van der Waals surface area contributed by atoms with E-state index in [-0.39, 0.29) is 0 Å². The Balaban J connectivity index is 1.74. The fraction of sp³-hybridized carbons (Fsp3) is 0.312. The lowest BCUT2D eigenvalue weighted by atomic mass is 10.1. The van der Waals surface area contributed by atoms with Gasteiger partial charge >= 0.3 is 0 Å². The molecule has 1 fully saturated rings. The van der Waals surface area contributed by atoms with Gasteiger partial charge in [-0.3, -0.25) is 0 Å². The minimum absolute atomic E-state index is 0.678. The molecule has 0 spiro atoms. The van der Waals surface area contributed by atoms with Gasteiger partial charge in [0, 0.05) is 30.7 Å². The van der Waals surface area contributed by atoms with Gasteiger partial charge in [-0.25, -0.2) is 4.31 Å².